The molecule has 0 aliphatic heterocycles. The lowest BCUT2D eigenvalue weighted by molar-refractivity contribution is 0.102. The zero-order valence-corrected chi connectivity index (χ0v) is 17.8. The van der Waals surface area contributed by atoms with Crippen LogP contribution in [-0.4, -0.2) is 31.1 Å². The van der Waals surface area contributed by atoms with Gasteiger partial charge in [-0.2, -0.15) is 0 Å². The van der Waals surface area contributed by atoms with Gasteiger partial charge in [-0.3, -0.25) is 10.1 Å². The van der Waals surface area contributed by atoms with Crippen LogP contribution in [0, 0.1) is 13.8 Å². The number of nitrogens with one attached hydrogen (secondary N) is 2. The summed E-state index contributed by atoms with van der Waals surface area (Å²) < 4.78 is 27.2. The number of hydrogen-bond donors (Lipinski definition) is 2. The lowest BCUT2D eigenvalue weighted by Crippen LogP contribution is -2.25. The molecule has 0 saturated heterocycles. The van der Waals surface area contributed by atoms with Crippen molar-refractivity contribution in [1.82, 2.24) is 14.9 Å². The van der Waals surface area contributed by atoms with Crippen molar-refractivity contribution in [2.75, 3.05) is 11.9 Å². The van der Waals surface area contributed by atoms with Gasteiger partial charge in [-0.1, -0.05) is 59.4 Å². The van der Waals surface area contributed by atoms with E-state index in [0.29, 0.717) is 18.5 Å². The van der Waals surface area contributed by atoms with E-state index in [4.69, 9.17) is 0 Å². The molecule has 152 valence electrons. The van der Waals surface area contributed by atoms with Gasteiger partial charge >= 0.3 is 0 Å². The van der Waals surface area contributed by atoms with Crippen LogP contribution in [0.15, 0.2) is 52.9 Å². The normalized spacial score (nSPS) is 11.4. The average Bonchev–Trinajstić information content (AvgIpc) is 3.15. The molecule has 0 unspecified atom stereocenters. The van der Waals surface area contributed by atoms with E-state index in [1.807, 2.05) is 44.2 Å². The SMILES string of the molecule is Cc1cccc(CCCNS(=O)(=O)c2nnc(NC(=O)c3ccccc3C)s2)c1. The van der Waals surface area contributed by atoms with Gasteiger partial charge in [0.05, 0.1) is 0 Å². The quantitative estimate of drug-likeness (QED) is 0.422. The summed E-state index contributed by atoms with van der Waals surface area (Å²) in [5.74, 6) is -0.352. The van der Waals surface area contributed by atoms with Crippen LogP contribution in [0.1, 0.15) is 33.5 Å². The molecule has 0 radical (unpaired) electrons. The van der Waals surface area contributed by atoms with Crippen LogP contribution in [0.5, 0.6) is 0 Å². The van der Waals surface area contributed by atoms with E-state index >= 15 is 0 Å². The van der Waals surface area contributed by atoms with Crippen molar-refractivity contribution in [3.63, 3.8) is 0 Å². The molecule has 29 heavy (non-hydrogen) atoms. The highest BCUT2D eigenvalue weighted by atomic mass is 32.2. The van der Waals surface area contributed by atoms with Crippen molar-refractivity contribution in [1.29, 1.82) is 0 Å². The number of rotatable bonds is 8. The van der Waals surface area contributed by atoms with Gasteiger partial charge in [0.25, 0.3) is 15.9 Å². The maximum absolute atomic E-state index is 12.4. The van der Waals surface area contributed by atoms with Gasteiger partial charge in [-0.15, -0.1) is 10.2 Å². The summed E-state index contributed by atoms with van der Waals surface area (Å²) in [4.78, 5) is 12.3. The fourth-order valence-corrected chi connectivity index (χ4v) is 4.80. The monoisotopic (exact) mass is 430 g/mol. The standard InChI is InChI=1S/C20H22N4O3S2/c1-14-7-5-9-16(13-14)10-6-12-21-29(26,27)20-24-23-19(28-20)22-18(25)17-11-4-3-8-15(17)2/h3-5,7-9,11,13,21H,6,10,12H2,1-2H3,(H,22,23,25). The number of sulfonamides is 1. The number of hydrogen-bond acceptors (Lipinski definition) is 6. The number of nitrogens with zero attached hydrogens (tertiary/aromatic N) is 2. The first-order chi connectivity index (χ1) is 13.8. The Bertz CT molecular complexity index is 1110. The maximum atomic E-state index is 12.4. The predicted octanol–water partition coefficient (Wildman–Crippen LogP) is 3.32. The second-order valence-corrected chi connectivity index (χ2v) is 9.55. The van der Waals surface area contributed by atoms with Crippen LogP contribution >= 0.6 is 11.3 Å². The molecule has 0 aliphatic carbocycles. The van der Waals surface area contributed by atoms with E-state index in [1.54, 1.807) is 12.1 Å². The van der Waals surface area contributed by atoms with Crippen LogP contribution in [0.4, 0.5) is 5.13 Å². The highest BCUT2D eigenvalue weighted by Crippen LogP contribution is 2.21. The molecule has 0 bridgehead atoms. The highest BCUT2D eigenvalue weighted by molar-refractivity contribution is 7.91. The number of benzene rings is 2. The van der Waals surface area contributed by atoms with E-state index in [2.05, 4.69) is 26.3 Å². The first kappa shape index (κ1) is 21.1. The molecule has 1 heterocycles. The molecule has 3 aromatic rings. The molecule has 3 rings (SSSR count). The molecule has 0 fully saturated rings. The summed E-state index contributed by atoms with van der Waals surface area (Å²) in [5, 5.41) is 10.2. The van der Waals surface area contributed by atoms with Gasteiger partial charge in [0, 0.05) is 12.1 Å². The topological polar surface area (TPSA) is 101 Å². The fourth-order valence-electron chi connectivity index (χ4n) is 2.79. The smallest absolute Gasteiger partial charge is 0.269 e. The number of carbonyl (C=O) groups is 1. The van der Waals surface area contributed by atoms with Crippen LogP contribution in [0.2, 0.25) is 0 Å². The number of aryl methyl sites for hydroxylation is 3. The van der Waals surface area contributed by atoms with E-state index in [-0.39, 0.29) is 15.4 Å². The first-order valence-corrected chi connectivity index (χ1v) is 11.4. The molecule has 9 heteroatoms. The molecule has 7 nitrogen and oxygen atoms in total. The molecule has 2 N–H and O–H groups in total. The Morgan fingerprint density at radius 2 is 1.86 bits per heavy atom. The second kappa shape index (κ2) is 9.25. The van der Waals surface area contributed by atoms with Crippen LogP contribution in [0.25, 0.3) is 0 Å². The Morgan fingerprint density at radius 1 is 1.07 bits per heavy atom. The van der Waals surface area contributed by atoms with Crippen molar-refractivity contribution in [2.24, 2.45) is 0 Å². The van der Waals surface area contributed by atoms with Crippen molar-refractivity contribution in [3.05, 3.63) is 70.8 Å². The minimum Gasteiger partial charge on any atom is -0.296 e. The summed E-state index contributed by atoms with van der Waals surface area (Å²) in [6.45, 7) is 4.14. The van der Waals surface area contributed by atoms with E-state index in [9.17, 15) is 13.2 Å². The van der Waals surface area contributed by atoms with Crippen molar-refractivity contribution >= 4 is 32.4 Å². The molecule has 0 atom stereocenters. The number of carbonyl (C=O) groups excluding carboxylic acids is 1. The third-order valence-corrected chi connectivity index (χ3v) is 6.93. The second-order valence-electron chi connectivity index (χ2n) is 6.63. The van der Waals surface area contributed by atoms with Gasteiger partial charge in [0.15, 0.2) is 0 Å². The van der Waals surface area contributed by atoms with Crippen molar-refractivity contribution < 1.29 is 13.2 Å². The lowest BCUT2D eigenvalue weighted by atomic mass is 10.1. The summed E-state index contributed by atoms with van der Waals surface area (Å²) in [6.07, 6.45) is 1.44. The molecule has 1 aromatic heterocycles. The van der Waals surface area contributed by atoms with Crippen LogP contribution < -0.4 is 10.0 Å². The molecule has 0 aliphatic rings. The summed E-state index contributed by atoms with van der Waals surface area (Å²) in [7, 11) is -3.77. The van der Waals surface area contributed by atoms with Gasteiger partial charge < -0.3 is 0 Å². The molecular weight excluding hydrogens is 408 g/mol. The first-order valence-electron chi connectivity index (χ1n) is 9.11. The molecular formula is C20H22N4O3S2. The van der Waals surface area contributed by atoms with E-state index in [0.717, 1.165) is 23.3 Å². The maximum Gasteiger partial charge on any atom is 0.269 e. The number of aromatic nitrogens is 2. The zero-order chi connectivity index (χ0) is 20.9. The van der Waals surface area contributed by atoms with Gasteiger partial charge in [0.2, 0.25) is 9.47 Å². The van der Waals surface area contributed by atoms with E-state index in [1.165, 1.54) is 11.1 Å². The van der Waals surface area contributed by atoms with Crippen LogP contribution in [0.3, 0.4) is 0 Å². The molecule has 2 aromatic carbocycles. The van der Waals surface area contributed by atoms with E-state index < -0.39 is 10.0 Å². The Hall–Kier alpha value is -2.62. The minimum absolute atomic E-state index is 0.137. The Labute approximate surface area is 174 Å². The largest absolute Gasteiger partial charge is 0.296 e. The summed E-state index contributed by atoms with van der Waals surface area (Å²) >= 11 is 0.820. The molecule has 1 amide bonds. The summed E-state index contributed by atoms with van der Waals surface area (Å²) in [5.41, 5.74) is 3.66. The Balaban J connectivity index is 1.55. The predicted molar refractivity (Wildman–Crippen MR) is 114 cm³/mol. The average molecular weight is 431 g/mol. The lowest BCUT2D eigenvalue weighted by Gasteiger charge is -2.05. The Kier molecular flexibility index (Phi) is 6.73. The third kappa shape index (κ3) is 5.69. The molecule has 0 spiro atoms. The van der Waals surface area contributed by atoms with Gasteiger partial charge in [-0.05, 0) is 43.9 Å². The summed E-state index contributed by atoms with van der Waals surface area (Å²) in [6, 6.07) is 15.2. The van der Waals surface area contributed by atoms with Gasteiger partial charge in [0.1, 0.15) is 0 Å². The van der Waals surface area contributed by atoms with Gasteiger partial charge in [-0.25, -0.2) is 13.1 Å². The zero-order valence-electron chi connectivity index (χ0n) is 16.2. The van der Waals surface area contributed by atoms with Crippen molar-refractivity contribution in [2.45, 2.75) is 31.0 Å². The number of amides is 1. The van der Waals surface area contributed by atoms with Crippen molar-refractivity contribution in [3.8, 4) is 0 Å². The Morgan fingerprint density at radius 3 is 2.62 bits per heavy atom. The minimum atomic E-state index is -3.77. The highest BCUT2D eigenvalue weighted by Gasteiger charge is 2.21. The molecule has 0 saturated carbocycles. The fraction of sp³-hybridized carbons (Fsp3) is 0.250. The van der Waals surface area contributed by atoms with Crippen LogP contribution in [-0.2, 0) is 16.4 Å². The number of anilines is 1. The third-order valence-electron chi connectivity index (χ3n) is 4.26.